The molecule has 0 heterocycles. The number of hydrogen-bond donors (Lipinski definition) is 0. The smallest absolute Gasteiger partial charge is 0.395 e. The first-order valence-corrected chi connectivity index (χ1v) is 9.81. The van der Waals surface area contributed by atoms with Crippen LogP contribution in [0.5, 0.6) is 11.5 Å². The van der Waals surface area contributed by atoms with Crippen molar-refractivity contribution >= 4 is 6.16 Å². The van der Waals surface area contributed by atoms with Gasteiger partial charge in [-0.05, 0) is 60.4 Å². The van der Waals surface area contributed by atoms with Gasteiger partial charge in [0, 0.05) is 0 Å². The highest BCUT2D eigenvalue weighted by atomic mass is 16.7. The molecule has 0 atom stereocenters. The molecule has 0 aliphatic carbocycles. The van der Waals surface area contributed by atoms with E-state index in [2.05, 4.69) is 50.2 Å². The van der Waals surface area contributed by atoms with Crippen LogP contribution in [0.3, 0.4) is 0 Å². The number of aryl methyl sites for hydroxylation is 2. The summed E-state index contributed by atoms with van der Waals surface area (Å²) >= 11 is 0. The summed E-state index contributed by atoms with van der Waals surface area (Å²) in [7, 11) is 0. The lowest BCUT2D eigenvalue weighted by atomic mass is 10.0. The maximum Gasteiger partial charge on any atom is 0.519 e. The predicted octanol–water partition coefficient (Wildman–Crippen LogP) is 7.22. The second-order valence-electron chi connectivity index (χ2n) is 7.24. The zero-order chi connectivity index (χ0) is 20.9. The summed E-state index contributed by atoms with van der Waals surface area (Å²) in [6.45, 7) is 4.12. The van der Waals surface area contributed by atoms with Gasteiger partial charge >= 0.3 is 6.16 Å². The minimum Gasteiger partial charge on any atom is -0.395 e. The molecule has 0 N–H and O–H groups in total. The summed E-state index contributed by atoms with van der Waals surface area (Å²) < 4.78 is 10.6. The van der Waals surface area contributed by atoms with Gasteiger partial charge < -0.3 is 9.47 Å². The van der Waals surface area contributed by atoms with E-state index in [9.17, 15) is 4.79 Å². The van der Waals surface area contributed by atoms with Crippen LogP contribution in [0, 0.1) is 13.8 Å². The molecule has 4 rings (SSSR count). The Morgan fingerprint density at radius 3 is 1.30 bits per heavy atom. The fourth-order valence-corrected chi connectivity index (χ4v) is 3.29. The lowest BCUT2D eigenvalue weighted by molar-refractivity contribution is 0.152. The highest BCUT2D eigenvalue weighted by Gasteiger charge is 2.09. The summed E-state index contributed by atoms with van der Waals surface area (Å²) in [5.74, 6) is 0.876. The largest absolute Gasteiger partial charge is 0.519 e. The van der Waals surface area contributed by atoms with E-state index in [1.807, 2.05) is 36.4 Å². The first-order valence-electron chi connectivity index (χ1n) is 9.81. The molecule has 0 aliphatic heterocycles. The topological polar surface area (TPSA) is 35.5 Å². The summed E-state index contributed by atoms with van der Waals surface area (Å²) in [5.41, 5.74) is 6.77. The predicted molar refractivity (Wildman–Crippen MR) is 120 cm³/mol. The van der Waals surface area contributed by atoms with Gasteiger partial charge in [0.2, 0.25) is 0 Å². The molecule has 0 saturated carbocycles. The zero-order valence-electron chi connectivity index (χ0n) is 17.0. The van der Waals surface area contributed by atoms with Crippen LogP contribution in [0.25, 0.3) is 22.3 Å². The number of hydrogen-bond acceptors (Lipinski definition) is 3. The van der Waals surface area contributed by atoms with Gasteiger partial charge in [0.1, 0.15) is 11.5 Å². The molecule has 0 unspecified atom stereocenters. The number of rotatable bonds is 4. The van der Waals surface area contributed by atoms with Crippen LogP contribution in [0.4, 0.5) is 4.79 Å². The van der Waals surface area contributed by atoms with Gasteiger partial charge in [-0.1, -0.05) is 83.9 Å². The van der Waals surface area contributed by atoms with E-state index in [0.717, 1.165) is 22.3 Å². The zero-order valence-corrected chi connectivity index (χ0v) is 17.0. The van der Waals surface area contributed by atoms with Crippen molar-refractivity contribution in [2.75, 3.05) is 0 Å². The van der Waals surface area contributed by atoms with E-state index in [1.165, 1.54) is 11.1 Å². The Bertz CT molecular complexity index is 1070. The highest BCUT2D eigenvalue weighted by Crippen LogP contribution is 2.25. The molecule has 0 bridgehead atoms. The van der Waals surface area contributed by atoms with Crippen LogP contribution in [0.1, 0.15) is 11.1 Å². The number of carbonyl (C=O) groups is 1. The van der Waals surface area contributed by atoms with Gasteiger partial charge in [0.25, 0.3) is 0 Å². The van der Waals surface area contributed by atoms with Crippen molar-refractivity contribution in [3.05, 3.63) is 108 Å². The highest BCUT2D eigenvalue weighted by molar-refractivity contribution is 5.70. The van der Waals surface area contributed by atoms with E-state index in [1.54, 1.807) is 24.3 Å². The van der Waals surface area contributed by atoms with Crippen LogP contribution in [0.15, 0.2) is 97.1 Å². The monoisotopic (exact) mass is 394 g/mol. The van der Waals surface area contributed by atoms with Gasteiger partial charge in [-0.2, -0.15) is 0 Å². The molecule has 30 heavy (non-hydrogen) atoms. The van der Waals surface area contributed by atoms with Crippen LogP contribution in [-0.2, 0) is 0 Å². The Hall–Kier alpha value is -3.85. The molecule has 0 radical (unpaired) electrons. The van der Waals surface area contributed by atoms with E-state index >= 15 is 0 Å². The minimum absolute atomic E-state index is 0.438. The summed E-state index contributed by atoms with van der Waals surface area (Å²) in [4.78, 5) is 12.1. The van der Waals surface area contributed by atoms with Crippen molar-refractivity contribution in [2.24, 2.45) is 0 Å². The van der Waals surface area contributed by atoms with Crippen LogP contribution in [0.2, 0.25) is 0 Å². The van der Waals surface area contributed by atoms with Crippen molar-refractivity contribution in [3.63, 3.8) is 0 Å². The second-order valence-corrected chi connectivity index (χ2v) is 7.24. The number of carbonyl (C=O) groups excluding carboxylic acids is 1. The molecular weight excluding hydrogens is 372 g/mol. The molecule has 4 aromatic carbocycles. The van der Waals surface area contributed by atoms with Crippen molar-refractivity contribution in [2.45, 2.75) is 13.8 Å². The Labute approximate surface area is 176 Å². The van der Waals surface area contributed by atoms with Gasteiger partial charge in [0.05, 0.1) is 0 Å². The third-order valence-corrected chi connectivity index (χ3v) is 4.81. The number of ether oxygens (including phenoxy) is 2. The molecule has 3 nitrogen and oxygen atoms in total. The third-order valence-electron chi connectivity index (χ3n) is 4.81. The molecule has 0 aromatic heterocycles. The van der Waals surface area contributed by atoms with Crippen LogP contribution >= 0.6 is 0 Å². The Morgan fingerprint density at radius 2 is 0.933 bits per heavy atom. The molecule has 0 amide bonds. The van der Waals surface area contributed by atoms with Crippen molar-refractivity contribution in [1.29, 1.82) is 0 Å². The van der Waals surface area contributed by atoms with Gasteiger partial charge in [-0.3, -0.25) is 0 Å². The van der Waals surface area contributed by atoms with E-state index in [-0.39, 0.29) is 0 Å². The third kappa shape index (κ3) is 4.76. The standard InChI is InChI=1S/C27H22O3/c1-19-5-3-7-23(17-19)21-9-13-25(14-10-21)29-27(28)30-26-15-11-22(12-16-26)24-8-4-6-20(2)18-24/h3-18H,1-2H3. The quantitative estimate of drug-likeness (QED) is 0.271. The van der Waals surface area contributed by atoms with Crippen molar-refractivity contribution < 1.29 is 14.3 Å². The van der Waals surface area contributed by atoms with Gasteiger partial charge in [0.15, 0.2) is 0 Å². The Balaban J connectivity index is 1.38. The molecule has 3 heteroatoms. The molecular formula is C27H22O3. The first-order chi connectivity index (χ1) is 14.6. The maximum absolute atomic E-state index is 12.1. The molecule has 0 aliphatic rings. The van der Waals surface area contributed by atoms with E-state index in [4.69, 9.17) is 9.47 Å². The maximum atomic E-state index is 12.1. The normalized spacial score (nSPS) is 10.5. The average Bonchev–Trinajstić information content (AvgIpc) is 2.75. The van der Waals surface area contributed by atoms with Gasteiger partial charge in [-0.25, -0.2) is 4.79 Å². The summed E-state index contributed by atoms with van der Waals surface area (Å²) in [5, 5.41) is 0. The van der Waals surface area contributed by atoms with Crippen molar-refractivity contribution in [3.8, 4) is 33.8 Å². The lowest BCUT2D eigenvalue weighted by Gasteiger charge is -2.08. The second kappa shape index (κ2) is 8.66. The lowest BCUT2D eigenvalue weighted by Crippen LogP contribution is -2.13. The van der Waals surface area contributed by atoms with E-state index in [0.29, 0.717) is 11.5 Å². The summed E-state index contributed by atoms with van der Waals surface area (Å²) in [6, 6.07) is 31.3. The molecule has 0 spiro atoms. The fraction of sp³-hybridized carbons (Fsp3) is 0.0741. The molecule has 0 fully saturated rings. The molecule has 4 aromatic rings. The minimum atomic E-state index is -0.762. The Kier molecular flexibility index (Phi) is 5.62. The fourth-order valence-electron chi connectivity index (χ4n) is 3.29. The average molecular weight is 394 g/mol. The molecule has 148 valence electrons. The number of benzene rings is 4. The SMILES string of the molecule is Cc1cccc(-c2ccc(OC(=O)Oc3ccc(-c4cccc(C)c4)cc3)cc2)c1. The van der Waals surface area contributed by atoms with Gasteiger partial charge in [-0.15, -0.1) is 0 Å². The van der Waals surface area contributed by atoms with Crippen LogP contribution in [-0.4, -0.2) is 6.16 Å². The first kappa shape index (κ1) is 19.5. The van der Waals surface area contributed by atoms with Crippen LogP contribution < -0.4 is 9.47 Å². The summed E-state index contributed by atoms with van der Waals surface area (Å²) in [6.07, 6.45) is -0.762. The Morgan fingerprint density at radius 1 is 0.533 bits per heavy atom. The van der Waals surface area contributed by atoms with E-state index < -0.39 is 6.16 Å². The van der Waals surface area contributed by atoms with Crippen molar-refractivity contribution in [1.82, 2.24) is 0 Å². The molecule has 0 saturated heterocycles.